The molecule has 2 rings (SSSR count). The number of aromatic nitrogens is 2. The van der Waals surface area contributed by atoms with E-state index in [9.17, 15) is 4.79 Å². The van der Waals surface area contributed by atoms with Crippen LogP contribution in [0.1, 0.15) is 27.9 Å². The molecule has 0 aliphatic carbocycles. The van der Waals surface area contributed by atoms with Crippen molar-refractivity contribution in [1.29, 1.82) is 0 Å². The van der Waals surface area contributed by atoms with Gasteiger partial charge in [0.25, 0.3) is 5.91 Å². The Morgan fingerprint density at radius 2 is 2.15 bits per heavy atom. The van der Waals surface area contributed by atoms with Gasteiger partial charge in [-0.15, -0.1) is 5.10 Å². The number of oxime groups is 1. The Balaban J connectivity index is 2.12. The van der Waals surface area contributed by atoms with E-state index in [-0.39, 0.29) is 11.7 Å². The van der Waals surface area contributed by atoms with Gasteiger partial charge in [-0.1, -0.05) is 16.6 Å². The SMILES string of the molecule is CCc1nnsc1C(=O)Nc1ccc(C(N)=NO)cc1. The third-order valence-electron chi connectivity index (χ3n) is 2.64. The Bertz CT molecular complexity index is 636. The van der Waals surface area contributed by atoms with E-state index in [1.807, 2.05) is 6.92 Å². The van der Waals surface area contributed by atoms with Gasteiger partial charge in [0.15, 0.2) is 5.84 Å². The molecule has 1 heterocycles. The van der Waals surface area contributed by atoms with E-state index in [1.54, 1.807) is 24.3 Å². The molecule has 0 saturated carbocycles. The molecule has 0 spiro atoms. The summed E-state index contributed by atoms with van der Waals surface area (Å²) in [5, 5.41) is 18.1. The number of aryl methyl sites for hydroxylation is 1. The summed E-state index contributed by atoms with van der Waals surface area (Å²) in [6, 6.07) is 6.64. The zero-order chi connectivity index (χ0) is 14.5. The third kappa shape index (κ3) is 2.91. The highest BCUT2D eigenvalue weighted by Crippen LogP contribution is 2.15. The summed E-state index contributed by atoms with van der Waals surface area (Å²) in [6.45, 7) is 1.92. The van der Waals surface area contributed by atoms with Gasteiger partial charge in [0, 0.05) is 11.3 Å². The number of benzene rings is 1. The number of nitrogens with one attached hydrogen (secondary N) is 1. The van der Waals surface area contributed by atoms with E-state index < -0.39 is 0 Å². The summed E-state index contributed by atoms with van der Waals surface area (Å²) in [4.78, 5) is 12.6. The van der Waals surface area contributed by atoms with Gasteiger partial charge < -0.3 is 16.3 Å². The van der Waals surface area contributed by atoms with Gasteiger partial charge in [-0.25, -0.2) is 0 Å². The number of nitrogens with zero attached hydrogens (tertiary/aromatic N) is 3. The van der Waals surface area contributed by atoms with Crippen molar-refractivity contribution in [2.24, 2.45) is 10.9 Å². The first-order valence-electron chi connectivity index (χ1n) is 5.86. The quantitative estimate of drug-likeness (QED) is 0.341. The molecular weight excluding hydrogens is 278 g/mol. The highest BCUT2D eigenvalue weighted by Gasteiger charge is 2.15. The van der Waals surface area contributed by atoms with Gasteiger partial charge in [-0.3, -0.25) is 4.79 Å². The van der Waals surface area contributed by atoms with Crippen molar-refractivity contribution in [3.63, 3.8) is 0 Å². The van der Waals surface area contributed by atoms with Crippen LogP contribution in [0.25, 0.3) is 0 Å². The second-order valence-electron chi connectivity index (χ2n) is 3.92. The lowest BCUT2D eigenvalue weighted by atomic mass is 10.2. The van der Waals surface area contributed by atoms with Gasteiger partial charge in [0.1, 0.15) is 4.88 Å². The molecule has 8 heteroatoms. The maximum Gasteiger partial charge on any atom is 0.269 e. The van der Waals surface area contributed by atoms with Crippen LogP contribution in [0.3, 0.4) is 0 Å². The summed E-state index contributed by atoms with van der Waals surface area (Å²) in [6.07, 6.45) is 0.654. The van der Waals surface area contributed by atoms with Crippen molar-refractivity contribution in [1.82, 2.24) is 9.59 Å². The fraction of sp³-hybridized carbons (Fsp3) is 0.167. The summed E-state index contributed by atoms with van der Waals surface area (Å²) >= 11 is 1.07. The largest absolute Gasteiger partial charge is 0.409 e. The first-order chi connectivity index (χ1) is 9.65. The number of nitrogens with two attached hydrogens (primary N) is 1. The van der Waals surface area contributed by atoms with Crippen molar-refractivity contribution < 1.29 is 10.0 Å². The van der Waals surface area contributed by atoms with E-state index >= 15 is 0 Å². The Morgan fingerprint density at radius 1 is 1.45 bits per heavy atom. The summed E-state index contributed by atoms with van der Waals surface area (Å²) in [7, 11) is 0. The van der Waals surface area contributed by atoms with Crippen molar-refractivity contribution in [3.05, 3.63) is 40.4 Å². The molecule has 7 nitrogen and oxygen atoms in total. The molecule has 0 unspecified atom stereocenters. The molecule has 0 aliphatic rings. The van der Waals surface area contributed by atoms with Gasteiger partial charge in [-0.05, 0) is 42.2 Å². The van der Waals surface area contributed by atoms with Crippen molar-refractivity contribution >= 4 is 29.0 Å². The fourth-order valence-electron chi connectivity index (χ4n) is 1.58. The fourth-order valence-corrected chi connectivity index (χ4v) is 2.23. The molecular formula is C12H13N5O2S. The van der Waals surface area contributed by atoms with Crippen molar-refractivity contribution in [3.8, 4) is 0 Å². The molecule has 0 radical (unpaired) electrons. The molecule has 0 fully saturated rings. The van der Waals surface area contributed by atoms with E-state index in [0.717, 1.165) is 11.5 Å². The van der Waals surface area contributed by atoms with Gasteiger partial charge in [-0.2, -0.15) is 0 Å². The smallest absolute Gasteiger partial charge is 0.269 e. The number of carbonyl (C=O) groups is 1. The van der Waals surface area contributed by atoms with Crippen molar-refractivity contribution in [2.45, 2.75) is 13.3 Å². The number of hydrogen-bond donors (Lipinski definition) is 3. The van der Waals surface area contributed by atoms with E-state index in [0.29, 0.717) is 28.2 Å². The Morgan fingerprint density at radius 3 is 2.75 bits per heavy atom. The molecule has 0 atom stereocenters. The molecule has 2 aromatic rings. The second kappa shape index (κ2) is 6.11. The van der Waals surface area contributed by atoms with Crippen LogP contribution in [0.4, 0.5) is 5.69 Å². The lowest BCUT2D eigenvalue weighted by molar-refractivity contribution is 0.102. The zero-order valence-electron chi connectivity index (χ0n) is 10.7. The van der Waals surface area contributed by atoms with Crippen LogP contribution >= 0.6 is 11.5 Å². The highest BCUT2D eigenvalue weighted by molar-refractivity contribution is 7.08. The maximum atomic E-state index is 12.1. The monoisotopic (exact) mass is 291 g/mol. The molecule has 0 bridgehead atoms. The van der Waals surface area contributed by atoms with E-state index in [1.165, 1.54) is 0 Å². The standard InChI is InChI=1S/C12H13N5O2S/c1-2-9-10(20-17-15-9)12(18)14-8-5-3-7(4-6-8)11(13)16-19/h3-6,19H,2H2,1H3,(H2,13,16)(H,14,18). The lowest BCUT2D eigenvalue weighted by Crippen LogP contribution is -2.14. The van der Waals surface area contributed by atoms with Crippen LogP contribution < -0.4 is 11.1 Å². The Hall–Kier alpha value is -2.48. The number of rotatable bonds is 4. The molecule has 1 aromatic carbocycles. The zero-order valence-corrected chi connectivity index (χ0v) is 11.5. The topological polar surface area (TPSA) is 113 Å². The van der Waals surface area contributed by atoms with Gasteiger partial charge in [0.2, 0.25) is 0 Å². The highest BCUT2D eigenvalue weighted by atomic mass is 32.1. The van der Waals surface area contributed by atoms with Crippen LogP contribution in [0.2, 0.25) is 0 Å². The minimum absolute atomic E-state index is 0.0165. The third-order valence-corrected chi connectivity index (χ3v) is 3.41. The van der Waals surface area contributed by atoms with Crippen LogP contribution in [0.15, 0.2) is 29.4 Å². The molecule has 0 saturated heterocycles. The molecule has 1 aromatic heterocycles. The van der Waals surface area contributed by atoms with Gasteiger partial charge in [0.05, 0.1) is 5.69 Å². The summed E-state index contributed by atoms with van der Waals surface area (Å²) in [5.41, 5.74) is 7.32. The average molecular weight is 291 g/mol. The second-order valence-corrected chi connectivity index (χ2v) is 4.67. The molecule has 1 amide bonds. The number of amides is 1. The molecule has 4 N–H and O–H groups in total. The number of anilines is 1. The average Bonchev–Trinajstić information content (AvgIpc) is 2.95. The first-order valence-corrected chi connectivity index (χ1v) is 6.63. The van der Waals surface area contributed by atoms with Crippen LogP contribution in [-0.4, -0.2) is 26.5 Å². The Kier molecular flexibility index (Phi) is 4.26. The van der Waals surface area contributed by atoms with Crippen LogP contribution in [0.5, 0.6) is 0 Å². The normalized spacial score (nSPS) is 11.3. The first kappa shape index (κ1) is 13.9. The summed E-state index contributed by atoms with van der Waals surface area (Å²) in [5.74, 6) is -0.226. The molecule has 20 heavy (non-hydrogen) atoms. The van der Waals surface area contributed by atoms with Crippen LogP contribution in [-0.2, 0) is 6.42 Å². The maximum absolute atomic E-state index is 12.1. The lowest BCUT2D eigenvalue weighted by Gasteiger charge is -2.05. The van der Waals surface area contributed by atoms with E-state index in [4.69, 9.17) is 10.9 Å². The number of carbonyl (C=O) groups excluding carboxylic acids is 1. The van der Waals surface area contributed by atoms with Crippen LogP contribution in [0, 0.1) is 0 Å². The van der Waals surface area contributed by atoms with E-state index in [2.05, 4.69) is 20.1 Å². The molecule has 104 valence electrons. The predicted octanol–water partition coefficient (Wildman–Crippen LogP) is 1.45. The number of hydrogen-bond acceptors (Lipinski definition) is 6. The molecule has 0 aliphatic heterocycles. The summed E-state index contributed by atoms with van der Waals surface area (Å²) < 4.78 is 3.77. The number of amidine groups is 1. The predicted molar refractivity (Wildman–Crippen MR) is 76.2 cm³/mol. The minimum Gasteiger partial charge on any atom is -0.409 e. The Labute approximate surface area is 119 Å². The van der Waals surface area contributed by atoms with Gasteiger partial charge >= 0.3 is 0 Å². The van der Waals surface area contributed by atoms with Crippen molar-refractivity contribution in [2.75, 3.05) is 5.32 Å². The minimum atomic E-state index is -0.242.